The molecular weight excluding hydrogens is 372 g/mol. The van der Waals surface area contributed by atoms with Crippen LogP contribution in [0.15, 0.2) is 48.5 Å². The second-order valence-corrected chi connectivity index (χ2v) is 5.47. The van der Waals surface area contributed by atoms with Gasteiger partial charge in [0.2, 0.25) is 0 Å². The highest BCUT2D eigenvalue weighted by atomic mass is 19.3. The summed E-state index contributed by atoms with van der Waals surface area (Å²) < 4.78 is 39.3. The summed E-state index contributed by atoms with van der Waals surface area (Å²) in [6.07, 6.45) is 2.88. The highest BCUT2D eigenvalue weighted by Gasteiger charge is 2.10. The molecule has 1 amide bonds. The summed E-state index contributed by atoms with van der Waals surface area (Å²) in [5.41, 5.74) is 1.01. The monoisotopic (exact) mass is 391 g/mol. The fraction of sp³-hybridized carbons (Fsp3) is 0.200. The maximum absolute atomic E-state index is 12.3. The number of carbonyl (C=O) groups is 2. The molecule has 0 fully saturated rings. The third kappa shape index (κ3) is 6.08. The second kappa shape index (κ2) is 10.1. The van der Waals surface area contributed by atoms with E-state index < -0.39 is 6.61 Å². The van der Waals surface area contributed by atoms with Gasteiger partial charge in [-0.25, -0.2) is 0 Å². The van der Waals surface area contributed by atoms with Crippen molar-refractivity contribution < 1.29 is 32.6 Å². The summed E-state index contributed by atoms with van der Waals surface area (Å²) >= 11 is 0. The molecule has 148 valence electrons. The van der Waals surface area contributed by atoms with Crippen LogP contribution in [0.25, 0.3) is 6.08 Å². The van der Waals surface area contributed by atoms with Gasteiger partial charge in [-0.3, -0.25) is 9.59 Å². The molecule has 2 rings (SSSR count). The lowest BCUT2D eigenvalue weighted by Gasteiger charge is -2.10. The molecule has 28 heavy (non-hydrogen) atoms. The highest BCUT2D eigenvalue weighted by molar-refractivity contribution is 6.06. The summed E-state index contributed by atoms with van der Waals surface area (Å²) in [4.78, 5) is 23.4. The first kappa shape index (κ1) is 20.9. The number of hydrogen-bond donors (Lipinski definition) is 1. The molecule has 0 bridgehead atoms. The van der Waals surface area contributed by atoms with Crippen molar-refractivity contribution in [1.29, 1.82) is 0 Å². The van der Waals surface area contributed by atoms with Gasteiger partial charge in [0.15, 0.2) is 23.9 Å². The fourth-order valence-corrected chi connectivity index (χ4v) is 2.19. The summed E-state index contributed by atoms with van der Waals surface area (Å²) in [6, 6.07) is 10.7. The SMILES string of the molecule is CNC(=O)COc1ccc(C(=O)/C=C/c2ccc(OC(F)F)c(OC)c2)cc1. The number of nitrogens with one attached hydrogen (secondary N) is 1. The van der Waals surface area contributed by atoms with Crippen LogP contribution in [0.4, 0.5) is 8.78 Å². The topological polar surface area (TPSA) is 73.9 Å². The first-order valence-corrected chi connectivity index (χ1v) is 8.21. The molecule has 0 aliphatic heterocycles. The molecule has 0 aliphatic rings. The summed E-state index contributed by atoms with van der Waals surface area (Å²) in [5.74, 6) is -0.0162. The number of likely N-dealkylation sites (N-methyl/N-ethyl adjacent to an activating group) is 1. The van der Waals surface area contributed by atoms with E-state index in [2.05, 4.69) is 10.1 Å². The van der Waals surface area contributed by atoms with Crippen molar-refractivity contribution in [3.63, 3.8) is 0 Å². The molecule has 0 saturated carbocycles. The molecule has 2 aromatic rings. The number of alkyl halides is 2. The van der Waals surface area contributed by atoms with Crippen LogP contribution in [0.5, 0.6) is 17.2 Å². The van der Waals surface area contributed by atoms with Crippen molar-refractivity contribution in [3.05, 3.63) is 59.7 Å². The van der Waals surface area contributed by atoms with Crippen LogP contribution in [-0.4, -0.2) is 39.1 Å². The van der Waals surface area contributed by atoms with Gasteiger partial charge in [-0.05, 0) is 48.0 Å². The smallest absolute Gasteiger partial charge is 0.387 e. The molecule has 2 aromatic carbocycles. The van der Waals surface area contributed by atoms with Crippen LogP contribution in [-0.2, 0) is 4.79 Å². The molecule has 1 N–H and O–H groups in total. The predicted octanol–water partition coefficient (Wildman–Crippen LogP) is 3.32. The van der Waals surface area contributed by atoms with Gasteiger partial charge < -0.3 is 19.5 Å². The quantitative estimate of drug-likeness (QED) is 0.524. The molecule has 8 heteroatoms. The molecule has 0 spiro atoms. The van der Waals surface area contributed by atoms with Crippen LogP contribution in [0.3, 0.4) is 0 Å². The Labute approximate surface area is 160 Å². The molecule has 0 radical (unpaired) electrons. The Balaban J connectivity index is 2.03. The van der Waals surface area contributed by atoms with Gasteiger partial charge >= 0.3 is 6.61 Å². The minimum Gasteiger partial charge on any atom is -0.493 e. The number of benzene rings is 2. The molecule has 0 aromatic heterocycles. The van der Waals surface area contributed by atoms with Crippen LogP contribution >= 0.6 is 0 Å². The summed E-state index contributed by atoms with van der Waals surface area (Å²) in [6.45, 7) is -3.07. The Morgan fingerprint density at radius 3 is 2.43 bits per heavy atom. The van der Waals surface area contributed by atoms with E-state index in [-0.39, 0.29) is 29.8 Å². The zero-order chi connectivity index (χ0) is 20.5. The molecule has 0 saturated heterocycles. The number of hydrogen-bond acceptors (Lipinski definition) is 5. The summed E-state index contributed by atoms with van der Waals surface area (Å²) in [7, 11) is 2.84. The Kier molecular flexibility index (Phi) is 7.50. The lowest BCUT2D eigenvalue weighted by Crippen LogP contribution is -2.24. The van der Waals surface area contributed by atoms with Crippen molar-refractivity contribution >= 4 is 17.8 Å². The zero-order valence-corrected chi connectivity index (χ0v) is 15.3. The van der Waals surface area contributed by atoms with Crippen molar-refractivity contribution in [1.82, 2.24) is 5.32 Å². The number of methoxy groups -OCH3 is 1. The fourth-order valence-electron chi connectivity index (χ4n) is 2.19. The summed E-state index contributed by atoms with van der Waals surface area (Å²) in [5, 5.41) is 2.44. The minimum atomic E-state index is -2.96. The van der Waals surface area contributed by atoms with Crippen LogP contribution in [0.1, 0.15) is 15.9 Å². The third-order valence-electron chi connectivity index (χ3n) is 3.62. The number of allylic oxidation sites excluding steroid dienone is 1. The van der Waals surface area contributed by atoms with E-state index in [1.165, 1.54) is 44.5 Å². The Bertz CT molecular complexity index is 850. The van der Waals surface area contributed by atoms with Gasteiger partial charge in [0.1, 0.15) is 5.75 Å². The number of amides is 1. The van der Waals surface area contributed by atoms with Crippen LogP contribution < -0.4 is 19.5 Å². The molecule has 6 nitrogen and oxygen atoms in total. The van der Waals surface area contributed by atoms with Crippen LogP contribution in [0, 0.1) is 0 Å². The van der Waals surface area contributed by atoms with Gasteiger partial charge in [-0.1, -0.05) is 12.1 Å². The molecule has 0 heterocycles. The lowest BCUT2D eigenvalue weighted by atomic mass is 10.1. The molecule has 0 unspecified atom stereocenters. The number of ether oxygens (including phenoxy) is 3. The van der Waals surface area contributed by atoms with E-state index in [1.807, 2.05) is 0 Å². The normalized spacial score (nSPS) is 10.8. The molecule has 0 atom stereocenters. The van der Waals surface area contributed by atoms with Crippen molar-refractivity contribution in [3.8, 4) is 17.2 Å². The van der Waals surface area contributed by atoms with Crippen LogP contribution in [0.2, 0.25) is 0 Å². The van der Waals surface area contributed by atoms with E-state index in [0.29, 0.717) is 16.9 Å². The first-order chi connectivity index (χ1) is 13.4. The maximum atomic E-state index is 12.3. The largest absolute Gasteiger partial charge is 0.493 e. The van der Waals surface area contributed by atoms with Crippen molar-refractivity contribution in [2.75, 3.05) is 20.8 Å². The van der Waals surface area contributed by atoms with E-state index in [0.717, 1.165) is 0 Å². The highest BCUT2D eigenvalue weighted by Crippen LogP contribution is 2.29. The van der Waals surface area contributed by atoms with Gasteiger partial charge in [-0.15, -0.1) is 0 Å². The lowest BCUT2D eigenvalue weighted by molar-refractivity contribution is -0.122. The Morgan fingerprint density at radius 1 is 1.11 bits per heavy atom. The van der Waals surface area contributed by atoms with Gasteiger partial charge in [0.05, 0.1) is 7.11 Å². The predicted molar refractivity (Wildman–Crippen MR) is 99.0 cm³/mol. The maximum Gasteiger partial charge on any atom is 0.387 e. The average molecular weight is 391 g/mol. The minimum absolute atomic E-state index is 0.0895. The van der Waals surface area contributed by atoms with Crippen molar-refractivity contribution in [2.45, 2.75) is 6.61 Å². The first-order valence-electron chi connectivity index (χ1n) is 8.21. The van der Waals surface area contributed by atoms with E-state index in [1.54, 1.807) is 24.3 Å². The Hall–Kier alpha value is -3.42. The molecule has 0 aliphatic carbocycles. The molecular formula is C20H19F2NO5. The second-order valence-electron chi connectivity index (χ2n) is 5.47. The number of rotatable bonds is 9. The van der Waals surface area contributed by atoms with E-state index in [4.69, 9.17) is 9.47 Å². The average Bonchev–Trinajstić information content (AvgIpc) is 2.70. The number of halogens is 2. The zero-order valence-electron chi connectivity index (χ0n) is 15.3. The Morgan fingerprint density at radius 2 is 1.82 bits per heavy atom. The van der Waals surface area contributed by atoms with Gasteiger partial charge in [-0.2, -0.15) is 8.78 Å². The van der Waals surface area contributed by atoms with E-state index >= 15 is 0 Å². The van der Waals surface area contributed by atoms with E-state index in [9.17, 15) is 18.4 Å². The number of ketones is 1. The third-order valence-corrected chi connectivity index (χ3v) is 3.62. The standard InChI is InChI=1S/C20H19F2NO5/c1-23-19(25)12-27-15-7-5-14(6-8-15)16(24)9-3-13-4-10-17(28-20(21)22)18(11-13)26-2/h3-11,20H,12H2,1-2H3,(H,23,25)/b9-3+. The number of carbonyl (C=O) groups excluding carboxylic acids is 2. The van der Waals surface area contributed by atoms with Gasteiger partial charge in [0, 0.05) is 12.6 Å². The van der Waals surface area contributed by atoms with Gasteiger partial charge in [0.25, 0.3) is 5.91 Å². The van der Waals surface area contributed by atoms with Crippen molar-refractivity contribution in [2.24, 2.45) is 0 Å².